The fourth-order valence-electron chi connectivity index (χ4n) is 3.11. The van der Waals surface area contributed by atoms with Gasteiger partial charge in [0.25, 0.3) is 0 Å². The minimum Gasteiger partial charge on any atom is -0.439 e. The van der Waals surface area contributed by atoms with E-state index in [4.69, 9.17) is 4.42 Å². The van der Waals surface area contributed by atoms with E-state index < -0.39 is 10.0 Å². The van der Waals surface area contributed by atoms with E-state index in [1.165, 1.54) is 0 Å². The van der Waals surface area contributed by atoms with E-state index in [2.05, 4.69) is 15.0 Å². The number of amides is 2. The predicted molar refractivity (Wildman–Crippen MR) is 101 cm³/mol. The van der Waals surface area contributed by atoms with E-state index in [0.717, 1.165) is 31.1 Å². The summed E-state index contributed by atoms with van der Waals surface area (Å²) in [4.78, 5) is 18.4. The predicted octanol–water partition coefficient (Wildman–Crippen LogP) is 1.95. The zero-order chi connectivity index (χ0) is 19.3. The quantitative estimate of drug-likeness (QED) is 0.782. The lowest BCUT2D eigenvalue weighted by atomic mass is 10.0. The summed E-state index contributed by atoms with van der Waals surface area (Å²) in [7, 11) is -3.28. The molecule has 1 aliphatic rings. The molecule has 146 valence electrons. The average Bonchev–Trinajstić information content (AvgIpc) is 3.14. The number of benzene rings is 1. The van der Waals surface area contributed by atoms with Gasteiger partial charge in [0.2, 0.25) is 15.9 Å². The first-order chi connectivity index (χ1) is 12.9. The Morgan fingerprint density at radius 2 is 2.07 bits per heavy atom. The van der Waals surface area contributed by atoms with Crippen molar-refractivity contribution in [3.8, 4) is 11.3 Å². The highest BCUT2D eigenvalue weighted by Crippen LogP contribution is 2.20. The van der Waals surface area contributed by atoms with E-state index in [-0.39, 0.29) is 25.2 Å². The first-order valence-corrected chi connectivity index (χ1v) is 10.8. The number of aromatic nitrogens is 1. The van der Waals surface area contributed by atoms with E-state index >= 15 is 0 Å². The number of oxazole rings is 1. The van der Waals surface area contributed by atoms with Crippen LogP contribution in [0, 0.1) is 0 Å². The largest absolute Gasteiger partial charge is 0.439 e. The van der Waals surface area contributed by atoms with E-state index in [1.54, 1.807) is 11.1 Å². The second kappa shape index (κ2) is 8.53. The normalized spacial score (nSPS) is 17.7. The van der Waals surface area contributed by atoms with Crippen LogP contribution in [0.1, 0.15) is 25.2 Å². The number of likely N-dealkylation sites (tertiary alicyclic amines) is 1. The number of nitrogens with one attached hydrogen (secondary N) is 2. The monoisotopic (exact) mass is 392 g/mol. The Hall–Kier alpha value is -2.39. The van der Waals surface area contributed by atoms with Crippen molar-refractivity contribution < 1.29 is 17.6 Å². The maximum atomic E-state index is 12.6. The number of hydrogen-bond donors (Lipinski definition) is 2. The second-order valence-electron chi connectivity index (χ2n) is 6.61. The molecule has 0 bridgehead atoms. The molecule has 9 heteroatoms. The molecule has 0 saturated carbocycles. The van der Waals surface area contributed by atoms with Gasteiger partial charge in [-0.1, -0.05) is 30.3 Å². The molecule has 0 spiro atoms. The van der Waals surface area contributed by atoms with Crippen LogP contribution in [0.25, 0.3) is 11.3 Å². The fraction of sp³-hybridized carbons (Fsp3) is 0.444. The Balaban J connectivity index is 1.57. The highest BCUT2D eigenvalue weighted by atomic mass is 32.2. The van der Waals surface area contributed by atoms with Gasteiger partial charge in [0.1, 0.15) is 0 Å². The lowest BCUT2D eigenvalue weighted by molar-refractivity contribution is 0.151. The van der Waals surface area contributed by atoms with E-state index in [1.807, 2.05) is 30.3 Å². The summed E-state index contributed by atoms with van der Waals surface area (Å²) < 4.78 is 30.8. The molecule has 8 nitrogen and oxygen atoms in total. The molecule has 1 saturated heterocycles. The van der Waals surface area contributed by atoms with Crippen molar-refractivity contribution in [1.29, 1.82) is 0 Å². The summed E-state index contributed by atoms with van der Waals surface area (Å²) >= 11 is 0. The molecule has 1 aliphatic heterocycles. The molecule has 1 atom stereocenters. The third-order valence-electron chi connectivity index (χ3n) is 4.47. The minimum atomic E-state index is -3.28. The van der Waals surface area contributed by atoms with Crippen LogP contribution in [0.5, 0.6) is 0 Å². The van der Waals surface area contributed by atoms with Crippen molar-refractivity contribution in [2.45, 2.75) is 31.8 Å². The molecule has 0 radical (unpaired) electrons. The summed E-state index contributed by atoms with van der Waals surface area (Å²) in [6.45, 7) is 1.00. The van der Waals surface area contributed by atoms with Crippen LogP contribution in [0.4, 0.5) is 4.79 Å². The average molecular weight is 392 g/mol. The standard InChI is InChI=1S/C18H24N4O4S/c1-27(24,25)21-11-15-9-5-6-10-22(15)18(23)20-13-17-19-12-16(26-17)14-7-3-2-4-8-14/h2-4,7-8,12,15,21H,5-6,9-11,13H2,1H3,(H,20,23). The highest BCUT2D eigenvalue weighted by Gasteiger charge is 2.27. The van der Waals surface area contributed by atoms with Crippen molar-refractivity contribution in [3.63, 3.8) is 0 Å². The Morgan fingerprint density at radius 1 is 1.30 bits per heavy atom. The van der Waals surface area contributed by atoms with Crippen LogP contribution in [0.2, 0.25) is 0 Å². The third kappa shape index (κ3) is 5.54. The van der Waals surface area contributed by atoms with Crippen LogP contribution in [-0.4, -0.2) is 49.7 Å². The van der Waals surface area contributed by atoms with Gasteiger partial charge in [-0.15, -0.1) is 0 Å². The maximum absolute atomic E-state index is 12.6. The van der Waals surface area contributed by atoms with Gasteiger partial charge in [-0.2, -0.15) is 0 Å². The summed E-state index contributed by atoms with van der Waals surface area (Å²) in [5.74, 6) is 1.07. The van der Waals surface area contributed by atoms with Crippen LogP contribution in [0.15, 0.2) is 40.9 Å². The summed E-state index contributed by atoms with van der Waals surface area (Å²) in [6, 6.07) is 9.22. The van der Waals surface area contributed by atoms with Gasteiger partial charge in [0.05, 0.1) is 19.0 Å². The molecule has 2 N–H and O–H groups in total. The molecule has 3 rings (SSSR count). The molecular formula is C18H24N4O4S. The van der Waals surface area contributed by atoms with E-state index in [9.17, 15) is 13.2 Å². The van der Waals surface area contributed by atoms with Gasteiger partial charge in [0.15, 0.2) is 5.76 Å². The number of rotatable bonds is 6. The molecular weight excluding hydrogens is 368 g/mol. The van der Waals surface area contributed by atoms with Crippen molar-refractivity contribution in [2.24, 2.45) is 0 Å². The number of piperidine rings is 1. The highest BCUT2D eigenvalue weighted by molar-refractivity contribution is 7.88. The molecule has 1 unspecified atom stereocenters. The van der Waals surface area contributed by atoms with Crippen molar-refractivity contribution >= 4 is 16.1 Å². The fourth-order valence-corrected chi connectivity index (χ4v) is 3.60. The van der Waals surface area contributed by atoms with Crippen molar-refractivity contribution in [3.05, 3.63) is 42.4 Å². The SMILES string of the molecule is CS(=O)(=O)NCC1CCCCN1C(=O)NCc1ncc(-c2ccccc2)o1. The Labute approximate surface area is 159 Å². The summed E-state index contributed by atoms with van der Waals surface area (Å²) in [5, 5.41) is 2.81. The van der Waals surface area contributed by atoms with Crippen molar-refractivity contribution in [2.75, 3.05) is 19.3 Å². The number of nitrogens with zero attached hydrogens (tertiary/aromatic N) is 2. The number of urea groups is 1. The van der Waals surface area contributed by atoms with Gasteiger partial charge >= 0.3 is 6.03 Å². The number of sulfonamides is 1. The summed E-state index contributed by atoms with van der Waals surface area (Å²) in [6.07, 6.45) is 5.40. The summed E-state index contributed by atoms with van der Waals surface area (Å²) in [5.41, 5.74) is 0.922. The van der Waals surface area contributed by atoms with Gasteiger partial charge in [-0.05, 0) is 19.3 Å². The van der Waals surface area contributed by atoms with Gasteiger partial charge in [0, 0.05) is 24.7 Å². The van der Waals surface area contributed by atoms with Gasteiger partial charge in [-0.25, -0.2) is 22.9 Å². The molecule has 2 heterocycles. The zero-order valence-corrected chi connectivity index (χ0v) is 16.0. The van der Waals surface area contributed by atoms with Gasteiger partial charge in [-0.3, -0.25) is 0 Å². The molecule has 27 heavy (non-hydrogen) atoms. The van der Waals surface area contributed by atoms with Crippen LogP contribution < -0.4 is 10.0 Å². The Kier molecular flexibility index (Phi) is 6.12. The smallest absolute Gasteiger partial charge is 0.318 e. The van der Waals surface area contributed by atoms with Crippen LogP contribution in [0.3, 0.4) is 0 Å². The first kappa shape index (κ1) is 19.4. The number of hydrogen-bond acceptors (Lipinski definition) is 5. The van der Waals surface area contributed by atoms with E-state index in [0.29, 0.717) is 18.2 Å². The number of carbonyl (C=O) groups excluding carboxylic acids is 1. The molecule has 1 aromatic carbocycles. The lowest BCUT2D eigenvalue weighted by Crippen LogP contribution is -2.52. The van der Waals surface area contributed by atoms with Crippen LogP contribution in [-0.2, 0) is 16.6 Å². The molecule has 0 aliphatic carbocycles. The minimum absolute atomic E-state index is 0.155. The molecule has 2 amide bonds. The van der Waals surface area contributed by atoms with Crippen molar-refractivity contribution in [1.82, 2.24) is 19.9 Å². The third-order valence-corrected chi connectivity index (χ3v) is 5.16. The maximum Gasteiger partial charge on any atom is 0.318 e. The van der Waals surface area contributed by atoms with Gasteiger partial charge < -0.3 is 14.6 Å². The number of carbonyl (C=O) groups is 1. The van der Waals surface area contributed by atoms with Crippen LogP contribution >= 0.6 is 0 Å². The molecule has 1 fully saturated rings. The lowest BCUT2D eigenvalue weighted by Gasteiger charge is -2.35. The molecule has 2 aromatic rings. The molecule has 1 aromatic heterocycles. The first-order valence-electron chi connectivity index (χ1n) is 8.91. The zero-order valence-electron chi connectivity index (χ0n) is 15.2. The topological polar surface area (TPSA) is 105 Å². The Bertz CT molecular complexity index is 866. The Morgan fingerprint density at radius 3 is 2.81 bits per heavy atom. The second-order valence-corrected chi connectivity index (χ2v) is 8.44.